The number of hydrogen-bond acceptors (Lipinski definition) is 4. The number of benzene rings is 2. The van der Waals surface area contributed by atoms with E-state index in [1.54, 1.807) is 14.2 Å². The van der Waals surface area contributed by atoms with E-state index in [-0.39, 0.29) is 12.4 Å². The highest BCUT2D eigenvalue weighted by molar-refractivity contribution is 9.10. The van der Waals surface area contributed by atoms with E-state index in [1.807, 2.05) is 36.4 Å². The average molecular weight is 451 g/mol. The summed E-state index contributed by atoms with van der Waals surface area (Å²) in [6, 6.07) is 11.6. The molecule has 0 aromatic heterocycles. The van der Waals surface area contributed by atoms with Crippen LogP contribution in [0.15, 0.2) is 40.9 Å². The van der Waals surface area contributed by atoms with E-state index < -0.39 is 0 Å². The lowest BCUT2D eigenvalue weighted by molar-refractivity contribution is 0.199. The maximum atomic E-state index is 5.93. The van der Waals surface area contributed by atoms with Gasteiger partial charge in [-0.1, -0.05) is 23.7 Å². The van der Waals surface area contributed by atoms with Crippen LogP contribution in [0.1, 0.15) is 11.1 Å². The third-order valence-electron chi connectivity index (χ3n) is 3.40. The summed E-state index contributed by atoms with van der Waals surface area (Å²) >= 11 is 9.47. The SMILES string of the molecule is COCCNCc1cc(Br)c(OCc2ccc(Cl)cc2)c(OC)c1.Cl. The Balaban J connectivity index is 0.00000312. The van der Waals surface area contributed by atoms with Crippen LogP contribution in [0.25, 0.3) is 0 Å². The lowest BCUT2D eigenvalue weighted by atomic mass is 10.2. The van der Waals surface area contributed by atoms with E-state index in [9.17, 15) is 0 Å². The Morgan fingerprint density at radius 1 is 1.08 bits per heavy atom. The molecule has 1 N–H and O–H groups in total. The first-order valence-electron chi connectivity index (χ1n) is 7.57. The van der Waals surface area contributed by atoms with Crippen molar-refractivity contribution in [2.75, 3.05) is 27.4 Å². The number of hydrogen-bond donors (Lipinski definition) is 1. The third kappa shape index (κ3) is 7.04. The van der Waals surface area contributed by atoms with Gasteiger partial charge in [-0.05, 0) is 51.3 Å². The van der Waals surface area contributed by atoms with Crippen molar-refractivity contribution in [2.45, 2.75) is 13.2 Å². The zero-order chi connectivity index (χ0) is 17.4. The minimum absolute atomic E-state index is 0. The topological polar surface area (TPSA) is 39.7 Å². The van der Waals surface area contributed by atoms with Crippen molar-refractivity contribution in [3.05, 3.63) is 57.0 Å². The molecule has 0 amide bonds. The second-order valence-corrected chi connectivity index (χ2v) is 6.48. The van der Waals surface area contributed by atoms with Crippen molar-refractivity contribution < 1.29 is 14.2 Å². The van der Waals surface area contributed by atoms with Crippen LogP contribution in [0.2, 0.25) is 5.02 Å². The smallest absolute Gasteiger partial charge is 0.175 e. The minimum Gasteiger partial charge on any atom is -0.493 e. The number of nitrogens with one attached hydrogen (secondary N) is 1. The zero-order valence-electron chi connectivity index (χ0n) is 14.2. The predicted molar refractivity (Wildman–Crippen MR) is 107 cm³/mol. The van der Waals surface area contributed by atoms with E-state index in [0.29, 0.717) is 29.7 Å². The Hall–Kier alpha value is -0.980. The summed E-state index contributed by atoms with van der Waals surface area (Å²) < 4.78 is 17.3. The van der Waals surface area contributed by atoms with Gasteiger partial charge in [-0.25, -0.2) is 0 Å². The first-order valence-corrected chi connectivity index (χ1v) is 8.74. The van der Waals surface area contributed by atoms with Gasteiger partial charge in [0.15, 0.2) is 11.5 Å². The third-order valence-corrected chi connectivity index (χ3v) is 4.24. The first kappa shape index (κ1) is 22.1. The number of rotatable bonds is 9. The van der Waals surface area contributed by atoms with Crippen LogP contribution < -0.4 is 14.8 Å². The Morgan fingerprint density at radius 2 is 1.80 bits per heavy atom. The average Bonchev–Trinajstić information content (AvgIpc) is 2.59. The van der Waals surface area contributed by atoms with Crippen LogP contribution in [0, 0.1) is 0 Å². The van der Waals surface area contributed by atoms with Gasteiger partial charge in [0, 0.05) is 25.2 Å². The van der Waals surface area contributed by atoms with Gasteiger partial charge < -0.3 is 19.5 Å². The highest BCUT2D eigenvalue weighted by atomic mass is 79.9. The van der Waals surface area contributed by atoms with E-state index in [2.05, 4.69) is 21.2 Å². The van der Waals surface area contributed by atoms with Crippen molar-refractivity contribution in [3.8, 4) is 11.5 Å². The highest BCUT2D eigenvalue weighted by Gasteiger charge is 2.12. The number of methoxy groups -OCH3 is 2. The molecular weight excluding hydrogens is 429 g/mol. The molecule has 2 aromatic rings. The molecule has 7 heteroatoms. The molecule has 0 saturated carbocycles. The van der Waals surface area contributed by atoms with Gasteiger partial charge in [0.1, 0.15) is 6.61 Å². The van der Waals surface area contributed by atoms with Gasteiger partial charge >= 0.3 is 0 Å². The quantitative estimate of drug-likeness (QED) is 0.554. The molecule has 0 fully saturated rings. The molecule has 25 heavy (non-hydrogen) atoms. The summed E-state index contributed by atoms with van der Waals surface area (Å²) in [5.74, 6) is 1.38. The molecule has 0 heterocycles. The monoisotopic (exact) mass is 449 g/mol. The molecule has 0 aliphatic carbocycles. The highest BCUT2D eigenvalue weighted by Crippen LogP contribution is 2.37. The molecule has 0 bridgehead atoms. The fourth-order valence-electron chi connectivity index (χ4n) is 2.16. The summed E-state index contributed by atoms with van der Waals surface area (Å²) in [6.07, 6.45) is 0. The van der Waals surface area contributed by atoms with Crippen LogP contribution in [0.3, 0.4) is 0 Å². The summed E-state index contributed by atoms with van der Waals surface area (Å²) in [5, 5.41) is 4.02. The molecule has 0 saturated heterocycles. The lowest BCUT2D eigenvalue weighted by Gasteiger charge is -2.15. The second kappa shape index (κ2) is 11.6. The fraction of sp³-hybridized carbons (Fsp3) is 0.333. The van der Waals surface area contributed by atoms with Gasteiger partial charge in [0.2, 0.25) is 0 Å². The van der Waals surface area contributed by atoms with Crippen LogP contribution in [-0.2, 0) is 17.9 Å². The molecule has 138 valence electrons. The maximum absolute atomic E-state index is 5.93. The van der Waals surface area contributed by atoms with Crippen molar-refractivity contribution in [2.24, 2.45) is 0 Å². The molecule has 0 atom stereocenters. The Morgan fingerprint density at radius 3 is 2.44 bits per heavy atom. The first-order chi connectivity index (χ1) is 11.6. The van der Waals surface area contributed by atoms with E-state index in [0.717, 1.165) is 28.7 Å². The summed E-state index contributed by atoms with van der Waals surface area (Å²) in [7, 11) is 3.33. The zero-order valence-corrected chi connectivity index (χ0v) is 17.3. The second-order valence-electron chi connectivity index (χ2n) is 5.19. The van der Waals surface area contributed by atoms with Gasteiger partial charge in [-0.3, -0.25) is 0 Å². The van der Waals surface area contributed by atoms with Crippen molar-refractivity contribution in [3.63, 3.8) is 0 Å². The lowest BCUT2D eigenvalue weighted by Crippen LogP contribution is -2.18. The Kier molecular flexibility index (Phi) is 10.2. The Labute approximate surface area is 168 Å². The summed E-state index contributed by atoms with van der Waals surface area (Å²) in [6.45, 7) is 2.65. The summed E-state index contributed by atoms with van der Waals surface area (Å²) in [4.78, 5) is 0. The van der Waals surface area contributed by atoms with Crippen molar-refractivity contribution in [1.29, 1.82) is 0 Å². The maximum Gasteiger partial charge on any atom is 0.175 e. The van der Waals surface area contributed by atoms with Crippen LogP contribution >= 0.6 is 39.9 Å². The van der Waals surface area contributed by atoms with Crippen LogP contribution in [0.4, 0.5) is 0 Å². The van der Waals surface area contributed by atoms with Gasteiger partial charge in [-0.2, -0.15) is 0 Å². The van der Waals surface area contributed by atoms with Gasteiger partial charge in [-0.15, -0.1) is 12.4 Å². The minimum atomic E-state index is 0. The van der Waals surface area contributed by atoms with Gasteiger partial charge in [0.05, 0.1) is 18.2 Å². The molecular formula is C18H22BrCl2NO3. The molecule has 0 aliphatic heterocycles. The normalized spacial score (nSPS) is 10.2. The molecule has 0 radical (unpaired) electrons. The van der Waals surface area contributed by atoms with Crippen molar-refractivity contribution >= 4 is 39.9 Å². The molecule has 0 spiro atoms. The van der Waals surface area contributed by atoms with E-state index in [4.69, 9.17) is 25.8 Å². The number of ether oxygens (including phenoxy) is 3. The molecule has 2 aromatic carbocycles. The molecule has 4 nitrogen and oxygen atoms in total. The molecule has 0 unspecified atom stereocenters. The van der Waals surface area contributed by atoms with E-state index in [1.165, 1.54) is 0 Å². The Bertz CT molecular complexity index is 654. The van der Waals surface area contributed by atoms with Crippen molar-refractivity contribution in [1.82, 2.24) is 5.32 Å². The largest absolute Gasteiger partial charge is 0.493 e. The fourth-order valence-corrected chi connectivity index (χ4v) is 2.89. The van der Waals surface area contributed by atoms with Gasteiger partial charge in [0.25, 0.3) is 0 Å². The van der Waals surface area contributed by atoms with Crippen LogP contribution in [-0.4, -0.2) is 27.4 Å². The van der Waals surface area contributed by atoms with E-state index >= 15 is 0 Å². The van der Waals surface area contributed by atoms with Crippen LogP contribution in [0.5, 0.6) is 11.5 Å². The summed E-state index contributed by atoms with van der Waals surface area (Å²) in [5.41, 5.74) is 2.15. The predicted octanol–water partition coefficient (Wildman–Crippen LogP) is 4.85. The molecule has 0 aliphatic rings. The number of halogens is 3. The molecule has 2 rings (SSSR count). The standard InChI is InChI=1S/C18H21BrClNO3.ClH/c1-22-8-7-21-11-14-9-16(19)18(17(10-14)23-2)24-12-13-3-5-15(20)6-4-13;/h3-6,9-10,21H,7-8,11-12H2,1-2H3;1H.